The summed E-state index contributed by atoms with van der Waals surface area (Å²) in [7, 11) is 0. The lowest BCUT2D eigenvalue weighted by Crippen LogP contribution is -2.40. The molecule has 2 aromatic rings. The van der Waals surface area contributed by atoms with E-state index in [9.17, 15) is 9.59 Å². The van der Waals surface area contributed by atoms with Crippen molar-refractivity contribution in [1.82, 2.24) is 4.90 Å². The van der Waals surface area contributed by atoms with Crippen LogP contribution >= 0.6 is 11.3 Å². The van der Waals surface area contributed by atoms with Crippen LogP contribution in [-0.4, -0.2) is 29.7 Å². The number of aryl methyl sites for hydroxylation is 1. The zero-order valence-electron chi connectivity index (χ0n) is 11.3. The Balaban J connectivity index is 1.77. The highest BCUT2D eigenvalue weighted by molar-refractivity contribution is 7.14. The van der Waals surface area contributed by atoms with Crippen molar-refractivity contribution in [3.8, 4) is 0 Å². The number of thiophene rings is 1. The third kappa shape index (κ3) is 2.39. The van der Waals surface area contributed by atoms with Crippen LogP contribution in [0.2, 0.25) is 0 Å². The lowest BCUT2D eigenvalue weighted by molar-refractivity contribution is 0.0697. The zero-order chi connectivity index (χ0) is 14.1. The zero-order valence-corrected chi connectivity index (χ0v) is 12.1. The summed E-state index contributed by atoms with van der Waals surface area (Å²) >= 11 is 1.48. The maximum atomic E-state index is 12.4. The number of rotatable bonds is 3. The SMILES string of the molecule is Cc1ccc(C(=O)CN2CCc3ccccc3C2=O)s1. The number of hydrogen-bond donors (Lipinski definition) is 0. The molecule has 1 aromatic heterocycles. The number of fused-ring (bicyclic) bond motifs is 1. The molecule has 0 saturated carbocycles. The van der Waals surface area contributed by atoms with Crippen LogP contribution in [0.15, 0.2) is 36.4 Å². The van der Waals surface area contributed by atoms with E-state index in [4.69, 9.17) is 0 Å². The van der Waals surface area contributed by atoms with Crippen molar-refractivity contribution in [3.05, 3.63) is 57.3 Å². The molecule has 0 radical (unpaired) electrons. The maximum Gasteiger partial charge on any atom is 0.254 e. The van der Waals surface area contributed by atoms with E-state index in [0.717, 1.165) is 27.3 Å². The van der Waals surface area contributed by atoms with Gasteiger partial charge in [-0.05, 0) is 37.1 Å². The number of Topliss-reactive ketones (excluding diaryl/α,β-unsaturated/α-hetero) is 1. The molecule has 3 nitrogen and oxygen atoms in total. The summed E-state index contributed by atoms with van der Waals surface area (Å²) < 4.78 is 0. The van der Waals surface area contributed by atoms with Gasteiger partial charge in [0.2, 0.25) is 0 Å². The van der Waals surface area contributed by atoms with Gasteiger partial charge in [-0.2, -0.15) is 0 Å². The molecule has 1 amide bonds. The molecule has 0 spiro atoms. The van der Waals surface area contributed by atoms with Crippen molar-refractivity contribution < 1.29 is 9.59 Å². The van der Waals surface area contributed by atoms with Crippen molar-refractivity contribution in [2.75, 3.05) is 13.1 Å². The first-order valence-corrected chi connectivity index (χ1v) is 7.43. The Morgan fingerprint density at radius 2 is 2.05 bits per heavy atom. The van der Waals surface area contributed by atoms with Crippen LogP contribution in [0.5, 0.6) is 0 Å². The average molecular weight is 285 g/mol. The highest BCUT2D eigenvalue weighted by atomic mass is 32.1. The molecule has 0 aliphatic carbocycles. The topological polar surface area (TPSA) is 37.4 Å². The predicted octanol–water partition coefficient (Wildman–Crippen LogP) is 2.94. The highest BCUT2D eigenvalue weighted by Gasteiger charge is 2.25. The summed E-state index contributed by atoms with van der Waals surface area (Å²) in [5.41, 5.74) is 1.81. The first-order valence-electron chi connectivity index (χ1n) is 6.62. The number of nitrogens with zero attached hydrogens (tertiary/aromatic N) is 1. The van der Waals surface area contributed by atoms with Gasteiger partial charge in [-0.3, -0.25) is 9.59 Å². The molecular weight excluding hydrogens is 270 g/mol. The Bertz CT molecular complexity index is 675. The fourth-order valence-electron chi connectivity index (χ4n) is 2.46. The van der Waals surface area contributed by atoms with Crippen molar-refractivity contribution in [2.45, 2.75) is 13.3 Å². The summed E-state index contributed by atoms with van der Waals surface area (Å²) in [6, 6.07) is 11.4. The normalized spacial score (nSPS) is 14.2. The van der Waals surface area contributed by atoms with Crippen molar-refractivity contribution >= 4 is 23.0 Å². The first-order chi connectivity index (χ1) is 9.65. The summed E-state index contributed by atoms with van der Waals surface area (Å²) in [5.74, 6) is -0.00990. The molecule has 0 N–H and O–H groups in total. The second-order valence-corrected chi connectivity index (χ2v) is 6.26. The first kappa shape index (κ1) is 13.1. The third-order valence-electron chi connectivity index (χ3n) is 3.54. The van der Waals surface area contributed by atoms with Gasteiger partial charge in [0.05, 0.1) is 11.4 Å². The maximum absolute atomic E-state index is 12.4. The number of hydrogen-bond acceptors (Lipinski definition) is 3. The van der Waals surface area contributed by atoms with E-state index < -0.39 is 0 Å². The Morgan fingerprint density at radius 3 is 2.80 bits per heavy atom. The van der Waals surface area contributed by atoms with Crippen LogP contribution < -0.4 is 0 Å². The second-order valence-electron chi connectivity index (χ2n) is 4.97. The van der Waals surface area contributed by atoms with Gasteiger partial charge in [-0.15, -0.1) is 11.3 Å². The highest BCUT2D eigenvalue weighted by Crippen LogP contribution is 2.20. The average Bonchev–Trinajstić information content (AvgIpc) is 2.89. The molecule has 1 aromatic carbocycles. The minimum Gasteiger partial charge on any atom is -0.331 e. The summed E-state index contributed by atoms with van der Waals surface area (Å²) in [5, 5.41) is 0. The Hall–Kier alpha value is -1.94. The van der Waals surface area contributed by atoms with Crippen LogP contribution in [0.1, 0.15) is 30.5 Å². The lowest BCUT2D eigenvalue weighted by Gasteiger charge is -2.27. The summed E-state index contributed by atoms with van der Waals surface area (Å²) in [6.45, 7) is 2.77. The van der Waals surface area contributed by atoms with E-state index in [1.54, 1.807) is 4.90 Å². The van der Waals surface area contributed by atoms with Crippen LogP contribution in [0.25, 0.3) is 0 Å². The van der Waals surface area contributed by atoms with Crippen molar-refractivity contribution in [2.24, 2.45) is 0 Å². The molecule has 2 heterocycles. The van der Waals surface area contributed by atoms with E-state index in [0.29, 0.717) is 6.54 Å². The number of carbonyl (C=O) groups excluding carboxylic acids is 2. The number of amides is 1. The Labute approximate surface area is 121 Å². The predicted molar refractivity (Wildman–Crippen MR) is 79.4 cm³/mol. The van der Waals surface area contributed by atoms with Gasteiger partial charge < -0.3 is 4.90 Å². The molecule has 1 aliphatic heterocycles. The minimum atomic E-state index is -0.0338. The smallest absolute Gasteiger partial charge is 0.254 e. The van der Waals surface area contributed by atoms with Crippen LogP contribution in [0.3, 0.4) is 0 Å². The molecule has 102 valence electrons. The molecule has 0 unspecified atom stereocenters. The standard InChI is InChI=1S/C16H15NO2S/c1-11-6-7-15(20-11)14(18)10-17-9-8-12-4-2-3-5-13(12)16(17)19/h2-7H,8-10H2,1H3. The molecule has 0 fully saturated rings. The van der Waals surface area contributed by atoms with Crippen LogP contribution in [-0.2, 0) is 6.42 Å². The summed E-state index contributed by atoms with van der Waals surface area (Å²) in [6.07, 6.45) is 0.818. The fourth-order valence-corrected chi connectivity index (χ4v) is 3.26. The second kappa shape index (κ2) is 5.21. The lowest BCUT2D eigenvalue weighted by atomic mass is 9.99. The van der Waals surface area contributed by atoms with E-state index in [2.05, 4.69) is 0 Å². The van der Waals surface area contributed by atoms with Gasteiger partial charge in [0.1, 0.15) is 0 Å². The molecule has 1 aliphatic rings. The van der Waals surface area contributed by atoms with E-state index in [1.165, 1.54) is 11.3 Å². The number of ketones is 1. The molecule has 20 heavy (non-hydrogen) atoms. The van der Waals surface area contributed by atoms with E-state index in [-0.39, 0.29) is 18.2 Å². The van der Waals surface area contributed by atoms with E-state index in [1.807, 2.05) is 43.3 Å². The van der Waals surface area contributed by atoms with Gasteiger partial charge in [-0.1, -0.05) is 18.2 Å². The van der Waals surface area contributed by atoms with Crippen molar-refractivity contribution in [1.29, 1.82) is 0 Å². The van der Waals surface area contributed by atoms with Crippen LogP contribution in [0, 0.1) is 6.92 Å². The van der Waals surface area contributed by atoms with E-state index >= 15 is 0 Å². The molecular formula is C16H15NO2S. The number of benzene rings is 1. The van der Waals surface area contributed by atoms with Crippen LogP contribution in [0.4, 0.5) is 0 Å². The van der Waals surface area contributed by atoms with Gasteiger partial charge >= 0.3 is 0 Å². The van der Waals surface area contributed by atoms with Gasteiger partial charge in [0, 0.05) is 17.0 Å². The van der Waals surface area contributed by atoms with Gasteiger partial charge in [0.25, 0.3) is 5.91 Å². The molecule has 0 atom stereocenters. The summed E-state index contributed by atoms with van der Waals surface area (Å²) in [4.78, 5) is 28.1. The molecule has 0 saturated heterocycles. The molecule has 3 rings (SSSR count). The third-order valence-corrected chi connectivity index (χ3v) is 4.58. The Kier molecular flexibility index (Phi) is 3.40. The van der Waals surface area contributed by atoms with Gasteiger partial charge in [0.15, 0.2) is 5.78 Å². The largest absolute Gasteiger partial charge is 0.331 e. The Morgan fingerprint density at radius 1 is 1.25 bits per heavy atom. The van der Waals surface area contributed by atoms with Gasteiger partial charge in [-0.25, -0.2) is 0 Å². The minimum absolute atomic E-state index is 0.0239. The quantitative estimate of drug-likeness (QED) is 0.813. The van der Waals surface area contributed by atoms with Crippen molar-refractivity contribution in [3.63, 3.8) is 0 Å². The fraction of sp³-hybridized carbons (Fsp3) is 0.250. The monoisotopic (exact) mass is 285 g/mol. The molecule has 0 bridgehead atoms. The molecule has 4 heteroatoms. The number of carbonyl (C=O) groups is 2.